The smallest absolute Gasteiger partial charge is 0.323 e. The topological polar surface area (TPSA) is 94.6 Å². The van der Waals surface area contributed by atoms with Gasteiger partial charge in [-0.1, -0.05) is 27.5 Å². The fraction of sp³-hybridized carbons (Fsp3) is 0.125. The van der Waals surface area contributed by atoms with E-state index in [9.17, 15) is 13.6 Å². The fourth-order valence-electron chi connectivity index (χ4n) is 3.18. The number of hydrogen-bond donors (Lipinski definition) is 2. The van der Waals surface area contributed by atoms with Crippen molar-refractivity contribution in [3.63, 3.8) is 0 Å². The molecule has 1 heterocycles. The quantitative estimate of drug-likeness (QED) is 0.224. The van der Waals surface area contributed by atoms with Crippen LogP contribution in [0.4, 0.5) is 25.0 Å². The van der Waals surface area contributed by atoms with Crippen LogP contribution in [-0.4, -0.2) is 35.0 Å². The Morgan fingerprint density at radius 1 is 1.03 bits per heavy atom. The second-order valence-corrected chi connectivity index (χ2v) is 8.38. The SMILES string of the molecule is COc1cc2c(Oc3ccc(NC(=O)Nc4ccc(F)cc4F)c(Cl)c3)ncnc2cc1OCCBr. The van der Waals surface area contributed by atoms with E-state index in [0.29, 0.717) is 46.2 Å². The van der Waals surface area contributed by atoms with E-state index in [1.165, 1.54) is 25.6 Å². The van der Waals surface area contributed by atoms with Gasteiger partial charge in [0.1, 0.15) is 23.7 Å². The predicted molar refractivity (Wildman–Crippen MR) is 136 cm³/mol. The number of carbonyl (C=O) groups is 1. The minimum Gasteiger partial charge on any atom is -0.493 e. The van der Waals surface area contributed by atoms with Gasteiger partial charge in [-0.3, -0.25) is 0 Å². The van der Waals surface area contributed by atoms with Crippen LogP contribution in [-0.2, 0) is 0 Å². The molecular weight excluding hydrogens is 562 g/mol. The number of carbonyl (C=O) groups excluding carboxylic acids is 1. The number of aromatic nitrogens is 2. The number of fused-ring (bicyclic) bond motifs is 1. The first-order valence-electron chi connectivity index (χ1n) is 10.4. The number of hydrogen-bond acceptors (Lipinski definition) is 6. The zero-order valence-electron chi connectivity index (χ0n) is 18.6. The molecule has 0 bridgehead atoms. The van der Waals surface area contributed by atoms with E-state index in [1.54, 1.807) is 18.2 Å². The van der Waals surface area contributed by atoms with Crippen LogP contribution >= 0.6 is 27.5 Å². The van der Waals surface area contributed by atoms with Crippen LogP contribution < -0.4 is 24.8 Å². The maximum atomic E-state index is 13.8. The molecule has 0 saturated carbocycles. The summed E-state index contributed by atoms with van der Waals surface area (Å²) in [6.45, 7) is 0.450. The van der Waals surface area contributed by atoms with E-state index < -0.39 is 17.7 Å². The Hall–Kier alpha value is -3.70. The van der Waals surface area contributed by atoms with Gasteiger partial charge in [0.15, 0.2) is 11.5 Å². The maximum Gasteiger partial charge on any atom is 0.323 e. The Labute approximate surface area is 217 Å². The second kappa shape index (κ2) is 11.4. The molecule has 0 radical (unpaired) electrons. The highest BCUT2D eigenvalue weighted by Crippen LogP contribution is 2.37. The molecular formula is C24H18BrClF2N4O4. The van der Waals surface area contributed by atoms with Crippen molar-refractivity contribution < 1.29 is 27.8 Å². The van der Waals surface area contributed by atoms with Gasteiger partial charge in [0.2, 0.25) is 5.88 Å². The zero-order chi connectivity index (χ0) is 25.7. The highest BCUT2D eigenvalue weighted by Gasteiger charge is 2.15. The van der Waals surface area contributed by atoms with E-state index in [4.69, 9.17) is 25.8 Å². The lowest BCUT2D eigenvalue weighted by atomic mass is 10.2. The Bertz CT molecular complexity index is 1430. The van der Waals surface area contributed by atoms with Crippen molar-refractivity contribution in [2.45, 2.75) is 0 Å². The molecule has 0 fully saturated rings. The molecule has 36 heavy (non-hydrogen) atoms. The number of nitrogens with one attached hydrogen (secondary N) is 2. The summed E-state index contributed by atoms with van der Waals surface area (Å²) in [5.41, 5.74) is 0.642. The summed E-state index contributed by atoms with van der Waals surface area (Å²) in [5.74, 6) is -0.0395. The molecule has 4 rings (SSSR count). The normalized spacial score (nSPS) is 10.7. The number of alkyl halides is 1. The highest BCUT2D eigenvalue weighted by molar-refractivity contribution is 9.09. The monoisotopic (exact) mass is 578 g/mol. The number of anilines is 2. The van der Waals surface area contributed by atoms with Gasteiger partial charge in [0, 0.05) is 23.5 Å². The van der Waals surface area contributed by atoms with Gasteiger partial charge in [0.05, 0.1) is 41.0 Å². The Morgan fingerprint density at radius 3 is 2.53 bits per heavy atom. The van der Waals surface area contributed by atoms with Crippen LogP contribution in [0, 0.1) is 11.6 Å². The van der Waals surface area contributed by atoms with Crippen LogP contribution in [0.5, 0.6) is 23.1 Å². The third-order valence-corrected chi connectivity index (χ3v) is 5.44. The molecule has 12 heteroatoms. The van der Waals surface area contributed by atoms with Gasteiger partial charge in [-0.15, -0.1) is 0 Å². The average molecular weight is 580 g/mol. The molecule has 0 saturated heterocycles. The van der Waals surface area contributed by atoms with Crippen molar-refractivity contribution in [3.8, 4) is 23.1 Å². The zero-order valence-corrected chi connectivity index (χ0v) is 21.0. The average Bonchev–Trinajstić information content (AvgIpc) is 2.85. The number of methoxy groups -OCH3 is 1. The molecule has 0 atom stereocenters. The molecule has 0 aliphatic rings. The van der Waals surface area contributed by atoms with Crippen LogP contribution in [0.1, 0.15) is 0 Å². The number of amides is 2. The number of benzene rings is 3. The summed E-state index contributed by atoms with van der Waals surface area (Å²) >= 11 is 9.63. The molecule has 8 nitrogen and oxygen atoms in total. The minimum atomic E-state index is -0.907. The van der Waals surface area contributed by atoms with Crippen molar-refractivity contribution in [2.75, 3.05) is 29.7 Å². The highest BCUT2D eigenvalue weighted by atomic mass is 79.9. The molecule has 1 aromatic heterocycles. The maximum absolute atomic E-state index is 13.8. The minimum absolute atomic E-state index is 0.156. The fourth-order valence-corrected chi connectivity index (χ4v) is 3.56. The van der Waals surface area contributed by atoms with E-state index in [1.807, 2.05) is 0 Å². The van der Waals surface area contributed by atoms with E-state index in [2.05, 4.69) is 36.5 Å². The van der Waals surface area contributed by atoms with Crippen molar-refractivity contribution in [1.82, 2.24) is 9.97 Å². The molecule has 0 spiro atoms. The summed E-state index contributed by atoms with van der Waals surface area (Å²) in [7, 11) is 1.53. The van der Waals surface area contributed by atoms with Crippen LogP contribution in [0.25, 0.3) is 10.9 Å². The first-order valence-corrected chi connectivity index (χ1v) is 11.9. The van der Waals surface area contributed by atoms with Crippen molar-refractivity contribution in [3.05, 3.63) is 71.5 Å². The number of rotatable bonds is 8. The van der Waals surface area contributed by atoms with Crippen molar-refractivity contribution >= 4 is 55.8 Å². The lowest BCUT2D eigenvalue weighted by molar-refractivity contribution is 0.262. The molecule has 3 aromatic carbocycles. The Balaban J connectivity index is 1.51. The van der Waals surface area contributed by atoms with Gasteiger partial charge in [-0.25, -0.2) is 23.5 Å². The summed E-state index contributed by atoms with van der Waals surface area (Å²) in [5, 5.41) is 6.19. The largest absolute Gasteiger partial charge is 0.493 e. The van der Waals surface area contributed by atoms with Gasteiger partial charge in [0.25, 0.3) is 0 Å². The third kappa shape index (κ3) is 5.92. The Kier molecular flexibility index (Phi) is 8.01. The molecule has 0 unspecified atom stereocenters. The number of ether oxygens (including phenoxy) is 3. The molecule has 0 aliphatic carbocycles. The van der Waals surface area contributed by atoms with Gasteiger partial charge in [-0.05, 0) is 30.3 Å². The number of nitrogens with zero attached hydrogens (tertiary/aromatic N) is 2. The summed E-state index contributed by atoms with van der Waals surface area (Å²) < 4.78 is 43.8. The Morgan fingerprint density at radius 2 is 1.81 bits per heavy atom. The van der Waals surface area contributed by atoms with E-state index in [0.717, 1.165) is 12.1 Å². The van der Waals surface area contributed by atoms with Crippen molar-refractivity contribution in [1.29, 1.82) is 0 Å². The van der Waals surface area contributed by atoms with Crippen LogP contribution in [0.15, 0.2) is 54.9 Å². The summed E-state index contributed by atoms with van der Waals surface area (Å²) in [6.07, 6.45) is 1.36. The summed E-state index contributed by atoms with van der Waals surface area (Å²) in [4.78, 5) is 20.7. The van der Waals surface area contributed by atoms with E-state index in [-0.39, 0.29) is 22.3 Å². The van der Waals surface area contributed by atoms with E-state index >= 15 is 0 Å². The van der Waals surface area contributed by atoms with Crippen LogP contribution in [0.3, 0.4) is 0 Å². The molecule has 4 aromatic rings. The predicted octanol–water partition coefficient (Wildman–Crippen LogP) is 6.78. The van der Waals surface area contributed by atoms with Gasteiger partial charge in [-0.2, -0.15) is 0 Å². The number of halogens is 4. The lowest BCUT2D eigenvalue weighted by Crippen LogP contribution is -2.20. The molecule has 0 aliphatic heterocycles. The van der Waals surface area contributed by atoms with Gasteiger partial charge < -0.3 is 24.8 Å². The van der Waals surface area contributed by atoms with Gasteiger partial charge >= 0.3 is 6.03 Å². The lowest BCUT2D eigenvalue weighted by Gasteiger charge is -2.13. The van der Waals surface area contributed by atoms with Crippen LogP contribution in [0.2, 0.25) is 5.02 Å². The standard InChI is InChI=1S/C24H18BrClF2N4O4/c1-34-21-10-15-20(11-22(21)35-7-6-25)29-12-30-23(15)36-14-3-5-18(16(26)9-14)31-24(33)32-19-4-2-13(27)8-17(19)28/h2-5,8-12H,6-7H2,1H3,(H2,31,32,33). The first kappa shape index (κ1) is 25.4. The first-order chi connectivity index (χ1) is 17.4. The second-order valence-electron chi connectivity index (χ2n) is 7.18. The summed E-state index contributed by atoms with van der Waals surface area (Å²) in [6, 6.07) is 10.0. The molecule has 2 amide bonds. The number of urea groups is 1. The molecule has 2 N–H and O–H groups in total. The third-order valence-electron chi connectivity index (χ3n) is 4.80. The molecule has 186 valence electrons. The van der Waals surface area contributed by atoms with Crippen molar-refractivity contribution in [2.24, 2.45) is 0 Å².